The maximum absolute atomic E-state index is 14.1. The summed E-state index contributed by atoms with van der Waals surface area (Å²) in [4.78, 5) is 42.0. The third kappa shape index (κ3) is 8.92. The van der Waals surface area contributed by atoms with Gasteiger partial charge < -0.3 is 14.4 Å². The van der Waals surface area contributed by atoms with Crippen molar-refractivity contribution in [3.8, 4) is 0 Å². The fraction of sp³-hybridized carbons (Fsp3) is 0.531. The van der Waals surface area contributed by atoms with Gasteiger partial charge in [-0.2, -0.15) is 0 Å². The summed E-state index contributed by atoms with van der Waals surface area (Å²) in [6, 6.07) is 18.1. The van der Waals surface area contributed by atoms with Crippen molar-refractivity contribution in [2.45, 2.75) is 96.4 Å². The van der Waals surface area contributed by atoms with E-state index in [1.807, 2.05) is 76.2 Å². The van der Waals surface area contributed by atoms with E-state index in [0.717, 1.165) is 17.5 Å². The van der Waals surface area contributed by atoms with Crippen LogP contribution >= 0.6 is 0 Å². The third-order valence-electron chi connectivity index (χ3n) is 7.05. The Hall–Kier alpha value is -3.19. The van der Waals surface area contributed by atoms with Crippen molar-refractivity contribution in [2.24, 2.45) is 0 Å². The summed E-state index contributed by atoms with van der Waals surface area (Å²) in [6.07, 6.45) is 2.88. The Morgan fingerprint density at radius 2 is 1.62 bits per heavy atom. The Morgan fingerprint density at radius 3 is 2.21 bits per heavy atom. The van der Waals surface area contributed by atoms with Crippen LogP contribution < -0.4 is 5.32 Å². The Labute approximate surface area is 233 Å². The van der Waals surface area contributed by atoms with Gasteiger partial charge in [-0.05, 0) is 70.9 Å². The molecule has 4 atom stereocenters. The molecule has 3 rings (SSSR count). The van der Waals surface area contributed by atoms with Gasteiger partial charge in [-0.25, -0.2) is 4.79 Å². The molecule has 2 aromatic carbocycles. The molecule has 0 bridgehead atoms. The van der Waals surface area contributed by atoms with Gasteiger partial charge in [0.05, 0.1) is 12.6 Å². The monoisotopic (exact) mass is 536 g/mol. The molecule has 0 saturated carbocycles. The minimum atomic E-state index is -0.712. The first kappa shape index (κ1) is 30.4. The maximum Gasteiger partial charge on any atom is 0.329 e. The Morgan fingerprint density at radius 1 is 0.974 bits per heavy atom. The van der Waals surface area contributed by atoms with E-state index >= 15 is 0 Å². The average molecular weight is 537 g/mol. The summed E-state index contributed by atoms with van der Waals surface area (Å²) in [5.41, 5.74) is 1.58. The van der Waals surface area contributed by atoms with Gasteiger partial charge in [0.2, 0.25) is 5.91 Å². The average Bonchev–Trinajstić information content (AvgIpc) is 3.06. The Balaban J connectivity index is 1.88. The quantitative estimate of drug-likeness (QED) is 0.405. The number of carbonyl (C=O) groups excluding carboxylic acids is 3. The van der Waals surface area contributed by atoms with E-state index in [4.69, 9.17) is 9.47 Å². The molecule has 0 radical (unpaired) electrons. The van der Waals surface area contributed by atoms with Gasteiger partial charge in [0.25, 0.3) is 0 Å². The zero-order chi connectivity index (χ0) is 28.4. The molecule has 212 valence electrons. The number of hydrogen-bond acceptors (Lipinski definition) is 6. The van der Waals surface area contributed by atoms with Crippen molar-refractivity contribution in [3.05, 3.63) is 71.8 Å². The minimum Gasteiger partial charge on any atom is -0.465 e. The second-order valence-corrected chi connectivity index (χ2v) is 11.2. The molecule has 1 amide bonds. The topological polar surface area (TPSA) is 84.9 Å². The highest BCUT2D eigenvalue weighted by molar-refractivity contribution is 5.89. The fourth-order valence-corrected chi connectivity index (χ4v) is 5.14. The number of aryl methyl sites for hydroxylation is 1. The van der Waals surface area contributed by atoms with E-state index in [1.54, 1.807) is 11.8 Å². The lowest BCUT2D eigenvalue weighted by molar-refractivity contribution is -0.165. The normalized spacial score (nSPS) is 19.6. The molecule has 0 spiro atoms. The van der Waals surface area contributed by atoms with Gasteiger partial charge in [-0.3, -0.25) is 14.9 Å². The van der Waals surface area contributed by atoms with E-state index in [2.05, 4.69) is 17.4 Å². The number of hydrogen-bond donors (Lipinski definition) is 1. The Kier molecular flexibility index (Phi) is 11.1. The van der Waals surface area contributed by atoms with E-state index in [0.29, 0.717) is 32.2 Å². The van der Waals surface area contributed by atoms with E-state index < -0.39 is 29.7 Å². The molecule has 1 aliphatic rings. The SMILES string of the molecule is CCOC(=O)C(CCc1ccccc1)NC1CCC(c2ccccc2)CN(C(CC)C(=O)OC(C)(C)C)C1=O. The third-order valence-corrected chi connectivity index (χ3v) is 7.05. The van der Waals surface area contributed by atoms with Gasteiger partial charge in [-0.1, -0.05) is 67.6 Å². The van der Waals surface area contributed by atoms with Crippen LogP contribution in [0.15, 0.2) is 60.7 Å². The van der Waals surface area contributed by atoms with E-state index in [-0.39, 0.29) is 24.4 Å². The van der Waals surface area contributed by atoms with Crippen molar-refractivity contribution < 1.29 is 23.9 Å². The zero-order valence-corrected chi connectivity index (χ0v) is 24.0. The molecule has 1 aliphatic heterocycles. The summed E-state index contributed by atoms with van der Waals surface area (Å²) < 4.78 is 11.1. The molecular weight excluding hydrogens is 492 g/mol. The van der Waals surface area contributed by atoms with Crippen molar-refractivity contribution in [1.29, 1.82) is 0 Å². The highest BCUT2D eigenvalue weighted by atomic mass is 16.6. The summed E-state index contributed by atoms with van der Waals surface area (Å²) in [7, 11) is 0. The van der Waals surface area contributed by atoms with Gasteiger partial charge in [0.1, 0.15) is 17.7 Å². The number of likely N-dealkylation sites (tertiary alicyclic amines) is 1. The number of rotatable bonds is 11. The summed E-state index contributed by atoms with van der Waals surface area (Å²) in [5, 5.41) is 3.35. The number of amides is 1. The molecule has 4 unspecified atom stereocenters. The van der Waals surface area contributed by atoms with Crippen molar-refractivity contribution >= 4 is 17.8 Å². The minimum absolute atomic E-state index is 0.0591. The highest BCUT2D eigenvalue weighted by Crippen LogP contribution is 2.30. The van der Waals surface area contributed by atoms with Crippen LogP contribution in [0.1, 0.15) is 77.3 Å². The number of ether oxygens (including phenoxy) is 2. The molecule has 1 heterocycles. The lowest BCUT2D eigenvalue weighted by Gasteiger charge is -2.34. The molecule has 2 aromatic rings. The summed E-state index contributed by atoms with van der Waals surface area (Å²) in [5.74, 6) is -0.892. The summed E-state index contributed by atoms with van der Waals surface area (Å²) in [6.45, 7) is 9.84. The van der Waals surface area contributed by atoms with Crippen LogP contribution in [0.2, 0.25) is 0 Å². The largest absolute Gasteiger partial charge is 0.465 e. The smallest absolute Gasteiger partial charge is 0.329 e. The number of nitrogens with zero attached hydrogens (tertiary/aromatic N) is 1. The van der Waals surface area contributed by atoms with Crippen LogP contribution in [-0.4, -0.2) is 59.6 Å². The molecule has 0 aromatic heterocycles. The molecule has 1 N–H and O–H groups in total. The van der Waals surface area contributed by atoms with Crippen molar-refractivity contribution in [2.75, 3.05) is 13.2 Å². The number of nitrogens with one attached hydrogen (secondary N) is 1. The first-order valence-corrected chi connectivity index (χ1v) is 14.2. The second-order valence-electron chi connectivity index (χ2n) is 11.2. The first-order chi connectivity index (χ1) is 18.6. The molecule has 7 heteroatoms. The van der Waals surface area contributed by atoms with Crippen LogP contribution in [0.3, 0.4) is 0 Å². The second kappa shape index (κ2) is 14.3. The molecule has 1 saturated heterocycles. The van der Waals surface area contributed by atoms with E-state index in [9.17, 15) is 14.4 Å². The molecule has 39 heavy (non-hydrogen) atoms. The van der Waals surface area contributed by atoms with Crippen LogP contribution in [0.25, 0.3) is 0 Å². The lowest BCUT2D eigenvalue weighted by Crippen LogP contribution is -2.56. The number of benzene rings is 2. The highest BCUT2D eigenvalue weighted by Gasteiger charge is 2.40. The number of esters is 2. The molecule has 0 aliphatic carbocycles. The van der Waals surface area contributed by atoms with Crippen LogP contribution in [0.5, 0.6) is 0 Å². The van der Waals surface area contributed by atoms with E-state index in [1.165, 1.54) is 0 Å². The first-order valence-electron chi connectivity index (χ1n) is 14.2. The van der Waals surface area contributed by atoms with Crippen molar-refractivity contribution in [3.63, 3.8) is 0 Å². The Bertz CT molecular complexity index is 1070. The molecule has 7 nitrogen and oxygen atoms in total. The molecule has 1 fully saturated rings. The predicted molar refractivity (Wildman–Crippen MR) is 152 cm³/mol. The molecular formula is C32H44N2O5. The van der Waals surface area contributed by atoms with Crippen molar-refractivity contribution in [1.82, 2.24) is 10.2 Å². The maximum atomic E-state index is 14.1. The predicted octanol–water partition coefficient (Wildman–Crippen LogP) is 5.04. The van der Waals surface area contributed by atoms with Gasteiger partial charge in [0.15, 0.2) is 0 Å². The van der Waals surface area contributed by atoms with Gasteiger partial charge >= 0.3 is 11.9 Å². The van der Waals surface area contributed by atoms with Crippen LogP contribution in [0, 0.1) is 0 Å². The van der Waals surface area contributed by atoms with Crippen LogP contribution in [-0.2, 0) is 30.3 Å². The van der Waals surface area contributed by atoms with Gasteiger partial charge in [0, 0.05) is 12.5 Å². The fourth-order valence-electron chi connectivity index (χ4n) is 5.14. The number of carbonyl (C=O) groups is 3. The standard InChI is InChI=1S/C32H44N2O5/c1-6-28(31(37)39-32(3,4)5)34-22-25(24-16-12-9-13-17-24)19-21-26(29(34)35)33-27(30(36)38-7-2)20-18-23-14-10-8-11-15-23/h8-17,25-28,33H,6-7,18-22H2,1-5H3. The lowest BCUT2D eigenvalue weighted by atomic mass is 9.93. The summed E-state index contributed by atoms with van der Waals surface area (Å²) >= 11 is 0. The zero-order valence-electron chi connectivity index (χ0n) is 24.0. The van der Waals surface area contributed by atoms with Gasteiger partial charge in [-0.15, -0.1) is 0 Å². The van der Waals surface area contributed by atoms with Crippen LogP contribution in [0.4, 0.5) is 0 Å².